The molecule has 2 aromatic heterocycles. The molecule has 0 fully saturated rings. The van der Waals surface area contributed by atoms with Gasteiger partial charge in [-0.25, -0.2) is 0 Å². The van der Waals surface area contributed by atoms with Crippen LogP contribution in [0, 0.1) is 0 Å². The van der Waals surface area contributed by atoms with Gasteiger partial charge in [-0.05, 0) is 17.0 Å². The van der Waals surface area contributed by atoms with E-state index in [-0.39, 0.29) is 0 Å². The van der Waals surface area contributed by atoms with Gasteiger partial charge in [-0.2, -0.15) is 0 Å². The van der Waals surface area contributed by atoms with E-state index in [1.54, 1.807) is 23.1 Å². The summed E-state index contributed by atoms with van der Waals surface area (Å²) in [5.41, 5.74) is 1.25. The third kappa shape index (κ3) is 3.25. The fraction of sp³-hybridized carbons (Fsp3) is 0.125. The lowest BCUT2D eigenvalue weighted by atomic mass is 10.2. The van der Waals surface area contributed by atoms with Crippen molar-refractivity contribution in [2.75, 3.05) is 5.75 Å². The van der Waals surface area contributed by atoms with Gasteiger partial charge in [0.2, 0.25) is 0 Å². The fourth-order valence-electron chi connectivity index (χ4n) is 2.03. The number of nitrogens with zero attached hydrogens (tertiary/aromatic N) is 3. The number of rotatable bonds is 6. The summed E-state index contributed by atoms with van der Waals surface area (Å²) in [5, 5.41) is 11.7. The second kappa shape index (κ2) is 6.74. The summed E-state index contributed by atoms with van der Waals surface area (Å²) in [4.78, 5) is 1.14. The van der Waals surface area contributed by atoms with Crippen LogP contribution < -0.4 is 0 Å². The Kier molecular flexibility index (Phi) is 4.52. The zero-order chi connectivity index (χ0) is 14.5. The maximum absolute atomic E-state index is 4.38. The van der Waals surface area contributed by atoms with Gasteiger partial charge in [0.05, 0.1) is 11.4 Å². The van der Waals surface area contributed by atoms with E-state index in [0.29, 0.717) is 0 Å². The molecule has 1 aromatic carbocycles. The summed E-state index contributed by atoms with van der Waals surface area (Å²) in [7, 11) is 0. The Bertz CT molecular complexity index is 702. The Balaban J connectivity index is 1.97. The standard InChI is InChI=1S/C16H15N3S2/c1-2-10-21-16-18-17-15(14-9-6-11-20-14)19(16)12-13-7-4-3-5-8-13/h2-9,11H,1,10,12H2. The minimum atomic E-state index is 0.778. The summed E-state index contributed by atoms with van der Waals surface area (Å²) < 4.78 is 2.18. The molecule has 0 aliphatic rings. The van der Waals surface area contributed by atoms with E-state index in [9.17, 15) is 0 Å². The van der Waals surface area contributed by atoms with Crippen molar-refractivity contribution >= 4 is 23.1 Å². The molecule has 3 rings (SSSR count). The lowest BCUT2D eigenvalue weighted by molar-refractivity contribution is 0.716. The molecule has 106 valence electrons. The molecule has 0 saturated carbocycles. The molecule has 0 saturated heterocycles. The van der Waals surface area contributed by atoms with Crippen molar-refractivity contribution < 1.29 is 0 Å². The maximum atomic E-state index is 4.38. The summed E-state index contributed by atoms with van der Waals surface area (Å²) in [6.07, 6.45) is 1.89. The molecule has 0 aliphatic heterocycles. The third-order valence-electron chi connectivity index (χ3n) is 2.97. The monoisotopic (exact) mass is 313 g/mol. The Morgan fingerprint density at radius 2 is 2.00 bits per heavy atom. The van der Waals surface area contributed by atoms with Crippen LogP contribution in [0.5, 0.6) is 0 Å². The molecule has 0 amide bonds. The molecule has 0 spiro atoms. The van der Waals surface area contributed by atoms with Crippen molar-refractivity contribution in [1.29, 1.82) is 0 Å². The molecule has 0 N–H and O–H groups in total. The predicted molar refractivity (Wildman–Crippen MR) is 89.8 cm³/mol. The van der Waals surface area contributed by atoms with Crippen LogP contribution in [0.4, 0.5) is 0 Å². The van der Waals surface area contributed by atoms with E-state index in [0.717, 1.165) is 28.2 Å². The molecule has 0 unspecified atom stereocenters. The number of aromatic nitrogens is 3. The largest absolute Gasteiger partial charge is 0.297 e. The van der Waals surface area contributed by atoms with Crippen LogP contribution in [-0.4, -0.2) is 20.5 Å². The molecule has 3 aromatic rings. The summed E-state index contributed by atoms with van der Waals surface area (Å²) in [6, 6.07) is 14.5. The van der Waals surface area contributed by atoms with Crippen LogP contribution in [0.3, 0.4) is 0 Å². The van der Waals surface area contributed by atoms with Crippen LogP contribution in [0.1, 0.15) is 5.56 Å². The maximum Gasteiger partial charge on any atom is 0.192 e. The second-order valence-electron chi connectivity index (χ2n) is 4.45. The Morgan fingerprint density at radius 1 is 1.14 bits per heavy atom. The summed E-state index contributed by atoms with van der Waals surface area (Å²) in [6.45, 7) is 4.55. The van der Waals surface area contributed by atoms with Crippen LogP contribution in [0.25, 0.3) is 10.7 Å². The molecule has 0 radical (unpaired) electrons. The van der Waals surface area contributed by atoms with Gasteiger partial charge >= 0.3 is 0 Å². The summed E-state index contributed by atoms with van der Waals surface area (Å²) >= 11 is 3.35. The second-order valence-corrected chi connectivity index (χ2v) is 6.39. The molecular weight excluding hydrogens is 298 g/mol. The lowest BCUT2D eigenvalue weighted by Crippen LogP contribution is -2.03. The minimum Gasteiger partial charge on any atom is -0.297 e. The first-order valence-electron chi connectivity index (χ1n) is 6.63. The number of thioether (sulfide) groups is 1. The Morgan fingerprint density at radius 3 is 2.71 bits per heavy atom. The van der Waals surface area contributed by atoms with Gasteiger partial charge in [0.25, 0.3) is 0 Å². The first-order chi connectivity index (χ1) is 10.4. The molecular formula is C16H15N3S2. The molecule has 0 bridgehead atoms. The molecule has 0 aliphatic carbocycles. The van der Waals surface area contributed by atoms with Crippen molar-refractivity contribution in [3.63, 3.8) is 0 Å². The van der Waals surface area contributed by atoms with Gasteiger partial charge < -0.3 is 0 Å². The minimum absolute atomic E-state index is 0.778. The normalized spacial score (nSPS) is 10.7. The predicted octanol–water partition coefficient (Wildman–Crippen LogP) is 4.33. The zero-order valence-corrected chi connectivity index (χ0v) is 13.1. The number of hydrogen-bond donors (Lipinski definition) is 0. The van der Waals surface area contributed by atoms with E-state index in [2.05, 4.69) is 57.1 Å². The first-order valence-corrected chi connectivity index (χ1v) is 8.49. The average molecular weight is 313 g/mol. The van der Waals surface area contributed by atoms with Crippen LogP contribution in [-0.2, 0) is 6.54 Å². The highest BCUT2D eigenvalue weighted by Crippen LogP contribution is 2.28. The zero-order valence-electron chi connectivity index (χ0n) is 11.5. The smallest absolute Gasteiger partial charge is 0.192 e. The number of thiophene rings is 1. The molecule has 5 heteroatoms. The van der Waals surface area contributed by atoms with Crippen molar-refractivity contribution in [2.24, 2.45) is 0 Å². The number of hydrogen-bond acceptors (Lipinski definition) is 4. The highest BCUT2D eigenvalue weighted by molar-refractivity contribution is 7.99. The van der Waals surface area contributed by atoms with Gasteiger partial charge in [-0.3, -0.25) is 4.57 Å². The van der Waals surface area contributed by atoms with Gasteiger partial charge in [-0.1, -0.05) is 54.2 Å². The van der Waals surface area contributed by atoms with Crippen molar-refractivity contribution in [2.45, 2.75) is 11.7 Å². The van der Waals surface area contributed by atoms with Crippen molar-refractivity contribution in [1.82, 2.24) is 14.8 Å². The van der Waals surface area contributed by atoms with Gasteiger partial charge in [0.15, 0.2) is 11.0 Å². The van der Waals surface area contributed by atoms with E-state index < -0.39 is 0 Å². The van der Waals surface area contributed by atoms with Crippen molar-refractivity contribution in [3.8, 4) is 10.7 Å². The van der Waals surface area contributed by atoms with Crippen LogP contribution in [0.2, 0.25) is 0 Å². The molecule has 21 heavy (non-hydrogen) atoms. The number of benzene rings is 1. The van der Waals surface area contributed by atoms with Crippen LogP contribution >= 0.6 is 23.1 Å². The van der Waals surface area contributed by atoms with Gasteiger partial charge in [0.1, 0.15) is 0 Å². The fourth-order valence-corrected chi connectivity index (χ4v) is 3.42. The molecule has 0 atom stereocenters. The van der Waals surface area contributed by atoms with Crippen LogP contribution in [0.15, 0.2) is 65.7 Å². The van der Waals surface area contributed by atoms with E-state index in [1.807, 2.05) is 18.2 Å². The van der Waals surface area contributed by atoms with Gasteiger partial charge in [-0.15, -0.1) is 28.1 Å². The highest BCUT2D eigenvalue weighted by atomic mass is 32.2. The van der Waals surface area contributed by atoms with E-state index in [4.69, 9.17) is 0 Å². The lowest BCUT2D eigenvalue weighted by Gasteiger charge is -2.09. The average Bonchev–Trinajstić information content (AvgIpc) is 3.16. The quantitative estimate of drug-likeness (QED) is 0.501. The van der Waals surface area contributed by atoms with E-state index >= 15 is 0 Å². The SMILES string of the molecule is C=CCSc1nnc(-c2cccs2)n1Cc1ccccc1. The first kappa shape index (κ1) is 14.1. The van der Waals surface area contributed by atoms with E-state index in [1.165, 1.54) is 5.56 Å². The highest BCUT2D eigenvalue weighted by Gasteiger charge is 2.14. The molecule has 2 heterocycles. The topological polar surface area (TPSA) is 30.7 Å². The van der Waals surface area contributed by atoms with Gasteiger partial charge in [0, 0.05) is 5.75 Å². The van der Waals surface area contributed by atoms with Crippen molar-refractivity contribution in [3.05, 3.63) is 66.1 Å². The summed E-state index contributed by atoms with van der Waals surface area (Å²) in [5.74, 6) is 1.76. The molecule has 3 nitrogen and oxygen atoms in total. The Labute approximate surface area is 132 Å². The third-order valence-corrected chi connectivity index (χ3v) is 4.80. The Hall–Kier alpha value is -1.85.